The largest absolute Gasteiger partial charge is 0.308 e. The number of rotatable bonds is 8. The van der Waals surface area contributed by atoms with Crippen molar-refractivity contribution in [2.45, 2.75) is 51.2 Å². The molecule has 0 radical (unpaired) electrons. The Bertz CT molecular complexity index is 584. The van der Waals surface area contributed by atoms with E-state index in [-0.39, 0.29) is 0 Å². The molecule has 0 aliphatic heterocycles. The highest BCUT2D eigenvalue weighted by Gasteiger charge is 2.17. The van der Waals surface area contributed by atoms with Gasteiger partial charge >= 0.3 is 0 Å². The zero-order chi connectivity index (χ0) is 16.8. The molecule has 1 aliphatic carbocycles. The molecule has 1 aliphatic rings. The van der Waals surface area contributed by atoms with Gasteiger partial charge in [0.15, 0.2) is 0 Å². The molecule has 24 heavy (non-hydrogen) atoms. The lowest BCUT2D eigenvalue weighted by molar-refractivity contribution is 0.227. The minimum Gasteiger partial charge on any atom is -0.308 e. The summed E-state index contributed by atoms with van der Waals surface area (Å²) in [6.45, 7) is 4.18. The predicted molar refractivity (Wildman–Crippen MR) is 101 cm³/mol. The second-order valence-corrected chi connectivity index (χ2v) is 8.25. The number of thiophene rings is 1. The van der Waals surface area contributed by atoms with Crippen LogP contribution in [0.3, 0.4) is 0 Å². The Hall–Kier alpha value is -1.17. The summed E-state index contributed by atoms with van der Waals surface area (Å²) < 4.78 is 2.23. The molecular formula is C19H30N4S. The van der Waals surface area contributed by atoms with Crippen LogP contribution in [-0.4, -0.2) is 46.8 Å². The van der Waals surface area contributed by atoms with Crippen molar-refractivity contribution in [3.05, 3.63) is 40.3 Å². The highest BCUT2D eigenvalue weighted by molar-refractivity contribution is 7.09. The SMILES string of the molecule is CN(C)CCN(Cc1cnn(C2CCCCC2)c1)Cc1cccs1. The van der Waals surface area contributed by atoms with E-state index >= 15 is 0 Å². The van der Waals surface area contributed by atoms with Crippen LogP contribution in [0.1, 0.15) is 48.6 Å². The number of likely N-dealkylation sites (N-methyl/N-ethyl adjacent to an activating group) is 1. The first-order chi connectivity index (χ1) is 11.7. The van der Waals surface area contributed by atoms with Crippen molar-refractivity contribution in [1.82, 2.24) is 19.6 Å². The first-order valence-corrected chi connectivity index (χ1v) is 10.0. The third-order valence-corrected chi connectivity index (χ3v) is 5.69. The Balaban J connectivity index is 1.61. The number of nitrogens with zero attached hydrogens (tertiary/aromatic N) is 4. The van der Waals surface area contributed by atoms with Crippen molar-refractivity contribution in [2.75, 3.05) is 27.2 Å². The monoisotopic (exact) mass is 346 g/mol. The zero-order valence-corrected chi connectivity index (χ0v) is 15.8. The average Bonchev–Trinajstić information content (AvgIpc) is 3.25. The van der Waals surface area contributed by atoms with Crippen molar-refractivity contribution in [1.29, 1.82) is 0 Å². The molecule has 0 unspecified atom stereocenters. The summed E-state index contributed by atoms with van der Waals surface area (Å²) in [7, 11) is 4.29. The Morgan fingerprint density at radius 3 is 2.71 bits per heavy atom. The molecule has 1 saturated carbocycles. The lowest BCUT2D eigenvalue weighted by Gasteiger charge is -2.23. The molecule has 0 N–H and O–H groups in total. The smallest absolute Gasteiger partial charge is 0.0534 e. The van der Waals surface area contributed by atoms with E-state index in [1.54, 1.807) is 0 Å². The Morgan fingerprint density at radius 1 is 1.17 bits per heavy atom. The Morgan fingerprint density at radius 2 is 2.00 bits per heavy atom. The summed E-state index contributed by atoms with van der Waals surface area (Å²) in [5, 5.41) is 6.83. The van der Waals surface area contributed by atoms with Gasteiger partial charge < -0.3 is 4.90 Å². The van der Waals surface area contributed by atoms with Gasteiger partial charge in [0, 0.05) is 42.8 Å². The fourth-order valence-corrected chi connectivity index (χ4v) is 4.19. The van der Waals surface area contributed by atoms with Crippen LogP contribution in [0, 0.1) is 0 Å². The Kier molecular flexibility index (Phi) is 6.46. The summed E-state index contributed by atoms with van der Waals surface area (Å²) in [4.78, 5) is 6.23. The van der Waals surface area contributed by atoms with Gasteiger partial charge in [-0.1, -0.05) is 25.3 Å². The molecule has 0 saturated heterocycles. The highest BCUT2D eigenvalue weighted by Crippen LogP contribution is 2.27. The highest BCUT2D eigenvalue weighted by atomic mass is 32.1. The van der Waals surface area contributed by atoms with E-state index in [1.165, 1.54) is 42.5 Å². The second kappa shape index (κ2) is 8.79. The molecule has 3 rings (SSSR count). The first-order valence-electron chi connectivity index (χ1n) is 9.13. The molecule has 0 aromatic carbocycles. The lowest BCUT2D eigenvalue weighted by Crippen LogP contribution is -2.30. The molecule has 0 bridgehead atoms. The molecule has 0 spiro atoms. The van der Waals surface area contributed by atoms with Crippen LogP contribution in [0.5, 0.6) is 0 Å². The Labute approximate surface area is 150 Å². The van der Waals surface area contributed by atoms with Crippen LogP contribution in [0.2, 0.25) is 0 Å². The fourth-order valence-electron chi connectivity index (χ4n) is 3.44. The molecule has 2 aromatic rings. The first kappa shape index (κ1) is 17.6. The molecule has 0 amide bonds. The van der Waals surface area contributed by atoms with E-state index in [1.807, 2.05) is 11.3 Å². The van der Waals surface area contributed by atoms with Gasteiger partial charge in [-0.05, 0) is 38.4 Å². The van der Waals surface area contributed by atoms with E-state index in [9.17, 15) is 0 Å². The maximum absolute atomic E-state index is 4.67. The van der Waals surface area contributed by atoms with Crippen molar-refractivity contribution >= 4 is 11.3 Å². The van der Waals surface area contributed by atoms with E-state index < -0.39 is 0 Å². The van der Waals surface area contributed by atoms with Crippen LogP contribution in [0.25, 0.3) is 0 Å². The molecule has 132 valence electrons. The van der Waals surface area contributed by atoms with Gasteiger partial charge in [0.1, 0.15) is 0 Å². The number of hydrogen-bond acceptors (Lipinski definition) is 4. The van der Waals surface area contributed by atoms with E-state index in [0.717, 1.165) is 26.2 Å². The van der Waals surface area contributed by atoms with Crippen LogP contribution < -0.4 is 0 Å². The van der Waals surface area contributed by atoms with Gasteiger partial charge in [0.25, 0.3) is 0 Å². The van der Waals surface area contributed by atoms with Crippen LogP contribution >= 0.6 is 11.3 Å². The molecule has 4 nitrogen and oxygen atoms in total. The van der Waals surface area contributed by atoms with Gasteiger partial charge in [-0.3, -0.25) is 9.58 Å². The number of hydrogen-bond donors (Lipinski definition) is 0. The quantitative estimate of drug-likeness (QED) is 0.722. The lowest BCUT2D eigenvalue weighted by atomic mass is 9.96. The van der Waals surface area contributed by atoms with Crippen molar-refractivity contribution in [2.24, 2.45) is 0 Å². The predicted octanol–water partition coefficient (Wildman–Crippen LogP) is 4.01. The van der Waals surface area contributed by atoms with Gasteiger partial charge in [0.05, 0.1) is 12.2 Å². The van der Waals surface area contributed by atoms with Crippen molar-refractivity contribution < 1.29 is 0 Å². The van der Waals surface area contributed by atoms with E-state index in [0.29, 0.717) is 6.04 Å². The molecule has 1 fully saturated rings. The average molecular weight is 347 g/mol. The maximum atomic E-state index is 4.67. The van der Waals surface area contributed by atoms with E-state index in [2.05, 4.69) is 63.6 Å². The van der Waals surface area contributed by atoms with Crippen LogP contribution in [0.15, 0.2) is 29.9 Å². The molecule has 5 heteroatoms. The van der Waals surface area contributed by atoms with Crippen molar-refractivity contribution in [3.63, 3.8) is 0 Å². The summed E-state index contributed by atoms with van der Waals surface area (Å²) in [6.07, 6.45) is 11.0. The summed E-state index contributed by atoms with van der Waals surface area (Å²) in [6, 6.07) is 5.00. The van der Waals surface area contributed by atoms with Crippen LogP contribution in [0.4, 0.5) is 0 Å². The van der Waals surface area contributed by atoms with Crippen LogP contribution in [-0.2, 0) is 13.1 Å². The molecular weight excluding hydrogens is 316 g/mol. The molecule has 0 atom stereocenters. The summed E-state index contributed by atoms with van der Waals surface area (Å²) >= 11 is 1.85. The van der Waals surface area contributed by atoms with E-state index in [4.69, 9.17) is 0 Å². The molecule has 2 heterocycles. The van der Waals surface area contributed by atoms with Gasteiger partial charge in [-0.25, -0.2) is 0 Å². The topological polar surface area (TPSA) is 24.3 Å². The summed E-state index contributed by atoms with van der Waals surface area (Å²) in [5.74, 6) is 0. The molecule has 2 aromatic heterocycles. The third kappa shape index (κ3) is 5.16. The zero-order valence-electron chi connectivity index (χ0n) is 15.0. The minimum absolute atomic E-state index is 0.625. The van der Waals surface area contributed by atoms with Gasteiger partial charge in [0.2, 0.25) is 0 Å². The minimum atomic E-state index is 0.625. The number of aromatic nitrogens is 2. The van der Waals surface area contributed by atoms with Gasteiger partial charge in [-0.15, -0.1) is 11.3 Å². The third-order valence-electron chi connectivity index (χ3n) is 4.83. The maximum Gasteiger partial charge on any atom is 0.0534 e. The normalized spacial score (nSPS) is 16.3. The summed E-state index contributed by atoms with van der Waals surface area (Å²) in [5.41, 5.74) is 1.34. The second-order valence-electron chi connectivity index (χ2n) is 7.21. The van der Waals surface area contributed by atoms with Gasteiger partial charge in [-0.2, -0.15) is 5.10 Å². The van der Waals surface area contributed by atoms with Crippen molar-refractivity contribution in [3.8, 4) is 0 Å². The standard InChI is InChI=1S/C19H30N4S/c1-21(2)10-11-22(16-19-9-6-12-24-19)14-17-13-20-23(15-17)18-7-4-3-5-8-18/h6,9,12-13,15,18H,3-5,7-8,10-11,14,16H2,1-2H3. The fraction of sp³-hybridized carbons (Fsp3) is 0.632.